The Balaban J connectivity index is 0.830. The number of likely N-dealkylation sites (tertiary alicyclic amines) is 1. The molecule has 3 aromatic heterocycles. The van der Waals surface area contributed by atoms with E-state index in [0.717, 1.165) is 16.5 Å². The van der Waals surface area contributed by atoms with Crippen LogP contribution in [0.1, 0.15) is 109 Å². The molecule has 19 nitrogen and oxygen atoms in total. The molecule has 1 atom stereocenters. The molecular formula is C57H60N8O11. The minimum atomic E-state index is -1.87. The predicted molar refractivity (Wildman–Crippen MR) is 282 cm³/mol. The lowest BCUT2D eigenvalue weighted by Gasteiger charge is -2.36. The van der Waals surface area contributed by atoms with Gasteiger partial charge in [-0.15, -0.1) is 10.2 Å². The fourth-order valence-electron chi connectivity index (χ4n) is 10.2. The van der Waals surface area contributed by atoms with Crippen molar-refractivity contribution in [2.45, 2.75) is 91.0 Å². The molecule has 2 aliphatic heterocycles. The van der Waals surface area contributed by atoms with Gasteiger partial charge in [0.05, 0.1) is 35.6 Å². The third kappa shape index (κ3) is 9.74. The first kappa shape index (κ1) is 52.4. The standard InChI is InChI=1S/C57H60N8O11/c1-8-39-41-25-38(19-20-46(41)59-50-43(39)29-64-47(50)27-45(57(73,9-2)31-66)44(30-74-7)55(64)71)76-56(72)62(6)34-21-23-63(24-22-34)54(70)33-11-15-36(16-12-33)75-37-17-13-35(14-18-37)65-51(60-61-52(65)53(69)58-10-3)42-26-40(32(4)5)48(67)28-49(42)68/h11-20,25-28,31-32,34,67-68,73H,8-10,21-24,29-30H2,1-7H3,(H,58,69). The lowest BCUT2D eigenvalue weighted by Crippen LogP contribution is -2.48. The summed E-state index contributed by atoms with van der Waals surface area (Å²) in [5.41, 5.74) is 3.53. The number of nitrogens with one attached hydrogen (secondary N) is 1. The van der Waals surface area contributed by atoms with Crippen LogP contribution in [-0.4, -0.2) is 113 Å². The number of aldehydes is 1. The number of pyridine rings is 2. The first-order valence-electron chi connectivity index (χ1n) is 25.4. The van der Waals surface area contributed by atoms with Gasteiger partial charge in [-0.1, -0.05) is 27.7 Å². The van der Waals surface area contributed by atoms with Gasteiger partial charge in [-0.05, 0) is 129 Å². The number of methoxy groups -OCH3 is 1. The fraction of sp³-hybridized carbons (Fsp3) is 0.333. The molecule has 7 aromatic rings. The quantitative estimate of drug-likeness (QED) is 0.0671. The van der Waals surface area contributed by atoms with Crippen LogP contribution in [0, 0.1) is 0 Å². The third-order valence-electron chi connectivity index (χ3n) is 14.4. The number of rotatable bonds is 16. The summed E-state index contributed by atoms with van der Waals surface area (Å²) in [5.74, 6) is 0.542. The molecule has 0 aliphatic carbocycles. The van der Waals surface area contributed by atoms with E-state index in [2.05, 4.69) is 15.5 Å². The number of aromatic nitrogens is 5. The minimum absolute atomic E-state index is 0.00291. The zero-order valence-electron chi connectivity index (χ0n) is 43.4. The Hall–Kier alpha value is -8.42. The van der Waals surface area contributed by atoms with Crippen molar-refractivity contribution in [2.75, 3.05) is 33.8 Å². The number of phenolic OH excluding ortho intramolecular Hbond substituents is 2. The number of amides is 3. The SMILES string of the molecule is CCNC(=O)c1nnc(-c2cc(C(C)C)c(O)cc2O)n1-c1ccc(Oc2ccc(C(=O)N3CCC(N(C)C(=O)Oc4ccc5nc6c(c(CC)c5c4)Cn4c-6cc(C(O)(C=O)CC)c(COC)c4=O)CC3)cc2)cc1. The molecule has 4 N–H and O–H groups in total. The van der Waals surface area contributed by atoms with E-state index in [9.17, 15) is 39.3 Å². The number of aryl methyl sites for hydroxylation is 1. The van der Waals surface area contributed by atoms with Gasteiger partial charge in [0, 0.05) is 79.2 Å². The zero-order valence-corrected chi connectivity index (χ0v) is 43.4. The number of hydrogen-bond acceptors (Lipinski definition) is 14. The van der Waals surface area contributed by atoms with Gasteiger partial charge >= 0.3 is 6.09 Å². The van der Waals surface area contributed by atoms with Crippen LogP contribution < -0.4 is 20.3 Å². The molecule has 0 saturated carbocycles. The molecule has 3 amide bonds. The van der Waals surface area contributed by atoms with Gasteiger partial charge in [0.25, 0.3) is 17.4 Å². The molecule has 9 rings (SSSR count). The van der Waals surface area contributed by atoms with Gasteiger partial charge in [-0.2, -0.15) is 0 Å². The molecule has 19 heteroatoms. The Labute approximate surface area is 438 Å². The number of piperidine rings is 1. The minimum Gasteiger partial charge on any atom is -0.508 e. The number of benzene rings is 4. The molecule has 5 heterocycles. The van der Waals surface area contributed by atoms with Crippen molar-refractivity contribution < 1.29 is 48.7 Å². The molecule has 0 spiro atoms. The Morgan fingerprint density at radius 3 is 2.21 bits per heavy atom. The number of phenols is 2. The van der Waals surface area contributed by atoms with Gasteiger partial charge in [0.1, 0.15) is 34.3 Å². The van der Waals surface area contributed by atoms with E-state index < -0.39 is 17.6 Å². The van der Waals surface area contributed by atoms with E-state index in [4.69, 9.17) is 19.2 Å². The Morgan fingerprint density at radius 2 is 1.58 bits per heavy atom. The molecule has 1 unspecified atom stereocenters. The molecule has 0 bridgehead atoms. The van der Waals surface area contributed by atoms with Crippen LogP contribution in [0.5, 0.6) is 28.7 Å². The van der Waals surface area contributed by atoms with Gasteiger partial charge < -0.3 is 49.2 Å². The number of aliphatic hydroxyl groups is 1. The summed E-state index contributed by atoms with van der Waals surface area (Å²) in [4.78, 5) is 74.8. The first-order valence-corrected chi connectivity index (χ1v) is 25.4. The molecule has 76 heavy (non-hydrogen) atoms. The largest absolute Gasteiger partial charge is 0.508 e. The summed E-state index contributed by atoms with van der Waals surface area (Å²) < 4.78 is 20.5. The number of carbonyl (C=O) groups excluding carboxylic acids is 4. The summed E-state index contributed by atoms with van der Waals surface area (Å²) in [6.45, 7) is 10.6. The zero-order chi connectivity index (χ0) is 54.2. The smallest absolute Gasteiger partial charge is 0.415 e. The summed E-state index contributed by atoms with van der Waals surface area (Å²) in [5, 5.41) is 44.6. The van der Waals surface area contributed by atoms with Crippen molar-refractivity contribution >= 4 is 35.1 Å². The normalized spacial score (nSPS) is 14.0. The van der Waals surface area contributed by atoms with Gasteiger partial charge in [0.2, 0.25) is 5.82 Å². The second kappa shape index (κ2) is 21.4. The Bertz CT molecular complexity index is 3450. The van der Waals surface area contributed by atoms with Gasteiger partial charge in [-0.25, -0.2) is 9.78 Å². The lowest BCUT2D eigenvalue weighted by atomic mass is 9.89. The van der Waals surface area contributed by atoms with E-state index in [0.29, 0.717) is 102 Å². The van der Waals surface area contributed by atoms with Crippen molar-refractivity contribution in [3.63, 3.8) is 0 Å². The van der Waals surface area contributed by atoms with Crippen LogP contribution >= 0.6 is 0 Å². The van der Waals surface area contributed by atoms with Gasteiger partial charge in [-0.3, -0.25) is 23.7 Å². The maximum absolute atomic E-state index is 13.9. The van der Waals surface area contributed by atoms with E-state index in [1.54, 1.807) is 114 Å². The molecular weight excluding hydrogens is 973 g/mol. The maximum atomic E-state index is 13.9. The first-order chi connectivity index (χ1) is 36.5. The summed E-state index contributed by atoms with van der Waals surface area (Å²) >= 11 is 0. The van der Waals surface area contributed by atoms with Crippen LogP contribution in [0.3, 0.4) is 0 Å². The summed E-state index contributed by atoms with van der Waals surface area (Å²) in [6, 6.07) is 23.3. The molecule has 1 saturated heterocycles. The predicted octanol–water partition coefficient (Wildman–Crippen LogP) is 7.99. The van der Waals surface area contributed by atoms with E-state index in [1.165, 1.54) is 17.7 Å². The topological polar surface area (TPSA) is 241 Å². The Kier molecular flexibility index (Phi) is 14.8. The number of ether oxygens (including phenoxy) is 3. The fourth-order valence-corrected chi connectivity index (χ4v) is 10.2. The van der Waals surface area contributed by atoms with Crippen LogP contribution in [0.25, 0.3) is 39.4 Å². The number of hydrogen-bond donors (Lipinski definition) is 4. The monoisotopic (exact) mass is 1030 g/mol. The van der Waals surface area contributed by atoms with Crippen LogP contribution in [0.4, 0.5) is 4.79 Å². The second-order valence-electron chi connectivity index (χ2n) is 19.3. The molecule has 1 fully saturated rings. The average molecular weight is 1030 g/mol. The number of carbonyl (C=O) groups is 4. The highest BCUT2D eigenvalue weighted by atomic mass is 16.6. The summed E-state index contributed by atoms with van der Waals surface area (Å²) in [6.07, 6.45) is 1.64. The second-order valence-corrected chi connectivity index (χ2v) is 19.3. The van der Waals surface area contributed by atoms with Gasteiger partial charge in [0.15, 0.2) is 12.1 Å². The van der Waals surface area contributed by atoms with E-state index in [1.807, 2.05) is 20.8 Å². The summed E-state index contributed by atoms with van der Waals surface area (Å²) in [7, 11) is 3.14. The number of aromatic hydroxyl groups is 2. The van der Waals surface area contributed by atoms with E-state index in [-0.39, 0.29) is 77.3 Å². The lowest BCUT2D eigenvalue weighted by molar-refractivity contribution is -0.125. The highest BCUT2D eigenvalue weighted by Gasteiger charge is 2.36. The van der Waals surface area contributed by atoms with Crippen molar-refractivity contribution in [1.82, 2.24) is 39.4 Å². The highest BCUT2D eigenvalue weighted by molar-refractivity contribution is 5.95. The molecule has 2 aliphatic rings. The molecule has 0 radical (unpaired) electrons. The van der Waals surface area contributed by atoms with E-state index >= 15 is 0 Å². The number of fused-ring (bicyclic) bond motifs is 4. The number of nitrogens with zero attached hydrogens (tertiary/aromatic N) is 7. The Morgan fingerprint density at radius 1 is 0.895 bits per heavy atom. The van der Waals surface area contributed by atoms with Crippen molar-refractivity contribution in [2.24, 2.45) is 0 Å². The molecule has 394 valence electrons. The third-order valence-corrected chi connectivity index (χ3v) is 14.4. The maximum Gasteiger partial charge on any atom is 0.415 e. The van der Waals surface area contributed by atoms with Crippen LogP contribution in [0.2, 0.25) is 0 Å². The average Bonchev–Trinajstić information content (AvgIpc) is 4.03. The van der Waals surface area contributed by atoms with Crippen molar-refractivity contribution in [3.8, 4) is 57.2 Å². The van der Waals surface area contributed by atoms with Crippen molar-refractivity contribution in [1.29, 1.82) is 0 Å². The van der Waals surface area contributed by atoms with Crippen LogP contribution in [-0.2, 0) is 34.7 Å². The molecule has 4 aromatic carbocycles. The highest BCUT2D eigenvalue weighted by Crippen LogP contribution is 2.41. The van der Waals surface area contributed by atoms with Crippen molar-refractivity contribution in [3.05, 3.63) is 134 Å². The van der Waals surface area contributed by atoms with Crippen LogP contribution in [0.15, 0.2) is 89.7 Å².